The van der Waals surface area contributed by atoms with Crippen molar-refractivity contribution in [3.63, 3.8) is 0 Å². The first kappa shape index (κ1) is 23.2. The Kier molecular flexibility index (Phi) is 7.46. The summed E-state index contributed by atoms with van der Waals surface area (Å²) in [5.41, 5.74) is 4.48. The summed E-state index contributed by atoms with van der Waals surface area (Å²) in [6.07, 6.45) is 0. The first-order valence-corrected chi connectivity index (χ1v) is 11.8. The van der Waals surface area contributed by atoms with Crippen LogP contribution in [0.5, 0.6) is 0 Å². The van der Waals surface area contributed by atoms with Crippen molar-refractivity contribution in [2.45, 2.75) is 25.4 Å². The Morgan fingerprint density at radius 2 is 1.69 bits per heavy atom. The lowest BCUT2D eigenvalue weighted by Gasteiger charge is -2.36. The molecule has 2 aliphatic rings. The lowest BCUT2D eigenvalue weighted by atomic mass is 9.93. The summed E-state index contributed by atoms with van der Waals surface area (Å²) in [6.45, 7) is 9.54. The Labute approximate surface area is 192 Å². The number of anilines is 1. The van der Waals surface area contributed by atoms with E-state index >= 15 is 0 Å². The minimum atomic E-state index is -0.0988. The first-order valence-electron chi connectivity index (χ1n) is 11.8. The van der Waals surface area contributed by atoms with Crippen molar-refractivity contribution < 1.29 is 9.50 Å². The molecule has 0 bridgehead atoms. The predicted molar refractivity (Wildman–Crippen MR) is 129 cm³/mol. The molecule has 32 heavy (non-hydrogen) atoms. The van der Waals surface area contributed by atoms with Crippen LogP contribution in [0.2, 0.25) is 0 Å². The number of nitrogens with zero attached hydrogens (tertiary/aromatic N) is 4. The predicted octanol–water partition coefficient (Wildman–Crippen LogP) is 2.78. The van der Waals surface area contributed by atoms with E-state index in [1.165, 1.54) is 11.3 Å². The van der Waals surface area contributed by atoms with Crippen LogP contribution in [-0.4, -0.2) is 92.4 Å². The molecule has 0 radical (unpaired) electrons. The van der Waals surface area contributed by atoms with Crippen LogP contribution >= 0.6 is 0 Å². The highest BCUT2D eigenvalue weighted by Crippen LogP contribution is 2.33. The number of aryl methyl sites for hydroxylation is 1. The molecule has 0 amide bonds. The third kappa shape index (κ3) is 5.15. The Morgan fingerprint density at radius 3 is 2.31 bits per heavy atom. The second-order valence-electron chi connectivity index (χ2n) is 9.51. The van der Waals surface area contributed by atoms with Crippen LogP contribution in [0, 0.1) is 12.7 Å². The zero-order chi connectivity index (χ0) is 22.7. The first-order chi connectivity index (χ1) is 15.5. The molecule has 1 N–H and O–H groups in total. The summed E-state index contributed by atoms with van der Waals surface area (Å²) in [5.74, 6) is 0.311. The van der Waals surface area contributed by atoms with Gasteiger partial charge in [0.15, 0.2) is 0 Å². The molecule has 2 heterocycles. The molecule has 0 aliphatic carbocycles. The van der Waals surface area contributed by atoms with Gasteiger partial charge in [-0.25, -0.2) is 4.39 Å². The van der Waals surface area contributed by atoms with Gasteiger partial charge in [-0.1, -0.05) is 24.3 Å². The summed E-state index contributed by atoms with van der Waals surface area (Å²) >= 11 is 0. The minimum Gasteiger partial charge on any atom is -0.395 e. The summed E-state index contributed by atoms with van der Waals surface area (Å²) in [6, 6.07) is 14.9. The van der Waals surface area contributed by atoms with Crippen molar-refractivity contribution in [3.05, 3.63) is 65.0 Å². The Bertz CT molecular complexity index is 860. The quantitative estimate of drug-likeness (QED) is 0.716. The van der Waals surface area contributed by atoms with E-state index in [9.17, 15) is 4.39 Å². The molecule has 2 aliphatic heterocycles. The topological polar surface area (TPSA) is 33.2 Å². The van der Waals surface area contributed by atoms with Gasteiger partial charge in [0.1, 0.15) is 5.82 Å². The van der Waals surface area contributed by atoms with Gasteiger partial charge in [0.2, 0.25) is 0 Å². The fourth-order valence-corrected chi connectivity index (χ4v) is 5.24. The Hall–Kier alpha value is -1.99. The molecule has 174 valence electrons. The second kappa shape index (κ2) is 10.3. The minimum absolute atomic E-state index is 0.0988. The average molecular weight is 441 g/mol. The summed E-state index contributed by atoms with van der Waals surface area (Å²) in [5, 5.41) is 9.14. The number of aliphatic hydroxyl groups is 1. The number of piperazine rings is 1. The monoisotopic (exact) mass is 440 g/mol. The number of benzene rings is 2. The van der Waals surface area contributed by atoms with Gasteiger partial charge in [-0.05, 0) is 50.3 Å². The fraction of sp³-hybridized carbons (Fsp3) is 0.538. The van der Waals surface area contributed by atoms with Crippen LogP contribution in [0.25, 0.3) is 0 Å². The lowest BCUT2D eigenvalue weighted by molar-refractivity contribution is 0.189. The second-order valence-corrected chi connectivity index (χ2v) is 9.51. The molecule has 0 spiro atoms. The molecule has 6 heteroatoms. The number of halogens is 1. The zero-order valence-corrected chi connectivity index (χ0v) is 19.7. The van der Waals surface area contributed by atoms with E-state index in [4.69, 9.17) is 5.11 Å². The van der Waals surface area contributed by atoms with E-state index < -0.39 is 0 Å². The zero-order valence-electron chi connectivity index (χ0n) is 19.7. The molecule has 5 nitrogen and oxygen atoms in total. The fourth-order valence-electron chi connectivity index (χ4n) is 5.24. The van der Waals surface area contributed by atoms with Crippen molar-refractivity contribution in [1.29, 1.82) is 0 Å². The van der Waals surface area contributed by atoms with Gasteiger partial charge in [-0.3, -0.25) is 9.80 Å². The lowest BCUT2D eigenvalue weighted by Crippen LogP contribution is -2.47. The van der Waals surface area contributed by atoms with Gasteiger partial charge in [0, 0.05) is 75.6 Å². The van der Waals surface area contributed by atoms with E-state index in [1.54, 1.807) is 12.1 Å². The highest BCUT2D eigenvalue weighted by molar-refractivity contribution is 5.49. The summed E-state index contributed by atoms with van der Waals surface area (Å²) < 4.78 is 14.4. The maximum Gasteiger partial charge on any atom is 0.127 e. The normalized spacial score (nSPS) is 22.8. The summed E-state index contributed by atoms with van der Waals surface area (Å²) in [4.78, 5) is 9.46. The van der Waals surface area contributed by atoms with Crippen molar-refractivity contribution >= 4 is 5.69 Å². The van der Waals surface area contributed by atoms with Crippen LogP contribution in [-0.2, 0) is 6.54 Å². The third-order valence-electron chi connectivity index (χ3n) is 7.24. The maximum atomic E-state index is 14.4. The average Bonchev–Trinajstić information content (AvgIpc) is 3.22. The SMILES string of the molecule is Cc1cccc(F)c1CN1C[C@H](c2ccc(N3CCN(CCO)CC3)cc2)[C@@H](N(C)C)C1. The van der Waals surface area contributed by atoms with Gasteiger partial charge < -0.3 is 14.9 Å². The number of aliphatic hydroxyl groups excluding tert-OH is 1. The van der Waals surface area contributed by atoms with Crippen molar-refractivity contribution in [2.75, 3.05) is 71.4 Å². The summed E-state index contributed by atoms with van der Waals surface area (Å²) in [7, 11) is 4.30. The molecule has 2 saturated heterocycles. The van der Waals surface area contributed by atoms with E-state index in [0.717, 1.165) is 56.9 Å². The smallest absolute Gasteiger partial charge is 0.127 e. The van der Waals surface area contributed by atoms with E-state index in [-0.39, 0.29) is 12.4 Å². The number of hydrogen-bond acceptors (Lipinski definition) is 5. The molecule has 2 aromatic carbocycles. The molecule has 0 aromatic heterocycles. The van der Waals surface area contributed by atoms with E-state index in [1.807, 2.05) is 13.0 Å². The van der Waals surface area contributed by atoms with Crippen molar-refractivity contribution in [1.82, 2.24) is 14.7 Å². The highest BCUT2D eigenvalue weighted by atomic mass is 19.1. The number of likely N-dealkylation sites (N-methyl/N-ethyl adjacent to an activating group) is 1. The number of β-amino-alcohol motifs (C(OH)–C–C–N with tert-alkyl or cyclic N) is 1. The molecular weight excluding hydrogens is 403 g/mol. The van der Waals surface area contributed by atoms with Crippen molar-refractivity contribution in [2.24, 2.45) is 0 Å². The van der Waals surface area contributed by atoms with Crippen LogP contribution in [0.1, 0.15) is 22.6 Å². The molecule has 0 saturated carbocycles. The number of rotatable bonds is 7. The van der Waals surface area contributed by atoms with Crippen LogP contribution < -0.4 is 4.90 Å². The standard InChI is InChI=1S/C26H37FN4O/c1-20-5-4-6-25(27)23(20)17-30-18-24(26(19-30)28(2)3)21-7-9-22(10-8-21)31-13-11-29(12-14-31)15-16-32/h4-10,24,26,32H,11-19H2,1-3H3/t24-,26+/m1/s1. The van der Waals surface area contributed by atoms with Crippen LogP contribution in [0.15, 0.2) is 42.5 Å². The van der Waals surface area contributed by atoms with Gasteiger partial charge >= 0.3 is 0 Å². The van der Waals surface area contributed by atoms with Gasteiger partial charge in [-0.15, -0.1) is 0 Å². The van der Waals surface area contributed by atoms with Crippen LogP contribution in [0.3, 0.4) is 0 Å². The molecule has 2 fully saturated rings. The third-order valence-corrected chi connectivity index (χ3v) is 7.24. The van der Waals surface area contributed by atoms with E-state index in [0.29, 0.717) is 18.5 Å². The largest absolute Gasteiger partial charge is 0.395 e. The number of hydrogen-bond donors (Lipinski definition) is 1. The van der Waals surface area contributed by atoms with Crippen LogP contribution in [0.4, 0.5) is 10.1 Å². The maximum absolute atomic E-state index is 14.4. The van der Waals surface area contributed by atoms with Crippen molar-refractivity contribution in [3.8, 4) is 0 Å². The molecular formula is C26H37FN4O. The Balaban J connectivity index is 1.44. The van der Waals surface area contributed by atoms with E-state index in [2.05, 4.69) is 58.0 Å². The molecule has 0 unspecified atom stereocenters. The molecule has 2 aromatic rings. The molecule has 4 rings (SSSR count). The number of likely N-dealkylation sites (tertiary alicyclic amines) is 1. The van der Waals surface area contributed by atoms with Gasteiger partial charge in [0.25, 0.3) is 0 Å². The highest BCUT2D eigenvalue weighted by Gasteiger charge is 2.35. The van der Waals surface area contributed by atoms with Gasteiger partial charge in [0.05, 0.1) is 6.61 Å². The molecule has 2 atom stereocenters. The van der Waals surface area contributed by atoms with Gasteiger partial charge in [-0.2, -0.15) is 0 Å². The Morgan fingerprint density at radius 1 is 0.969 bits per heavy atom.